The maximum atomic E-state index is 12.0. The summed E-state index contributed by atoms with van der Waals surface area (Å²) in [4.78, 5) is 0. The van der Waals surface area contributed by atoms with E-state index in [2.05, 4.69) is 0 Å². The Labute approximate surface area is 65.9 Å². The molecule has 0 spiro atoms. The van der Waals surface area contributed by atoms with Crippen molar-refractivity contribution in [2.24, 2.45) is 0 Å². The molecule has 0 bridgehead atoms. The summed E-state index contributed by atoms with van der Waals surface area (Å²) in [5, 5.41) is 8.75. The number of hydrogen-bond acceptors (Lipinski definition) is 1. The van der Waals surface area contributed by atoms with E-state index >= 15 is 0 Å². The van der Waals surface area contributed by atoms with Crippen molar-refractivity contribution in [3.8, 4) is 5.75 Å². The van der Waals surface area contributed by atoms with Gasteiger partial charge in [0.15, 0.2) is 0 Å². The monoisotopic (exact) mass is 314 g/mol. The molecule has 0 aromatic heterocycles. The van der Waals surface area contributed by atoms with Crippen LogP contribution in [-0.2, 0) is 25.2 Å². The molecule has 0 saturated carbocycles. The molecule has 1 aromatic rings. The molecule has 0 aliphatic heterocycles. The van der Waals surface area contributed by atoms with Gasteiger partial charge < -0.3 is 0 Å². The standard InChI is InChI=1S/C6H5O.FH.Hg/c7-6-4-2-1-3-5-6;;/h2-5,7H;1H;/q;;+1/p-1. The van der Waals surface area contributed by atoms with Gasteiger partial charge in [-0.1, -0.05) is 0 Å². The first kappa shape index (κ1) is 7.00. The molecule has 0 unspecified atom stereocenters. The van der Waals surface area contributed by atoms with Crippen LogP contribution in [0.15, 0.2) is 24.3 Å². The van der Waals surface area contributed by atoms with Crippen LogP contribution >= 0.6 is 0 Å². The van der Waals surface area contributed by atoms with Crippen LogP contribution in [0.2, 0.25) is 0 Å². The Morgan fingerprint density at radius 3 is 2.22 bits per heavy atom. The average molecular weight is 313 g/mol. The molecule has 9 heavy (non-hydrogen) atoms. The molecule has 0 saturated heterocycles. The number of aromatic hydroxyl groups is 1. The van der Waals surface area contributed by atoms with Gasteiger partial charge in [-0.25, -0.2) is 0 Å². The van der Waals surface area contributed by atoms with Gasteiger partial charge in [-0.05, 0) is 0 Å². The molecule has 0 atom stereocenters. The molecule has 1 N–H and O–H groups in total. The quantitative estimate of drug-likeness (QED) is 0.767. The predicted molar refractivity (Wildman–Crippen MR) is 28.8 cm³/mol. The number of rotatable bonds is 1. The van der Waals surface area contributed by atoms with Gasteiger partial charge in [-0.3, -0.25) is 0 Å². The molecule has 1 rings (SSSR count). The van der Waals surface area contributed by atoms with E-state index < -0.39 is 25.2 Å². The van der Waals surface area contributed by atoms with Crippen LogP contribution < -0.4 is 3.07 Å². The van der Waals surface area contributed by atoms with Crippen LogP contribution in [0.1, 0.15) is 0 Å². The Hall–Kier alpha value is -0.115. The van der Waals surface area contributed by atoms with E-state index in [4.69, 9.17) is 5.11 Å². The molecule has 0 aliphatic rings. The molecule has 0 heterocycles. The molecule has 44 valence electrons. The Morgan fingerprint density at radius 2 is 1.78 bits per heavy atom. The third kappa shape index (κ3) is 1.93. The summed E-state index contributed by atoms with van der Waals surface area (Å²) in [5.74, 6) is 0.209. The van der Waals surface area contributed by atoms with Crippen molar-refractivity contribution < 1.29 is 32.8 Å². The summed E-state index contributed by atoms with van der Waals surface area (Å²) >= 11 is -2.17. The normalized spacial score (nSPS) is 8.56. The van der Waals surface area contributed by atoms with Crippen molar-refractivity contribution in [3.63, 3.8) is 0 Å². The van der Waals surface area contributed by atoms with Crippen LogP contribution in [0.4, 0.5) is 2.47 Å². The summed E-state index contributed by atoms with van der Waals surface area (Å²) in [6, 6.07) is 6.34. The topological polar surface area (TPSA) is 20.2 Å². The van der Waals surface area contributed by atoms with Crippen LogP contribution in [-0.4, -0.2) is 5.11 Å². The second kappa shape index (κ2) is 3.15. The van der Waals surface area contributed by atoms with Crippen molar-refractivity contribution in [1.82, 2.24) is 0 Å². The Bertz CT molecular complexity index is 185. The predicted octanol–water partition coefficient (Wildman–Crippen LogP) is 0.984. The fraction of sp³-hybridized carbons (Fsp3) is 0. The summed E-state index contributed by atoms with van der Waals surface area (Å²) in [6.45, 7) is 0. The van der Waals surface area contributed by atoms with Gasteiger partial charge in [0.1, 0.15) is 0 Å². The number of halogens is 1. The van der Waals surface area contributed by atoms with Gasteiger partial charge in [0, 0.05) is 0 Å². The summed E-state index contributed by atoms with van der Waals surface area (Å²) in [7, 11) is 0. The van der Waals surface area contributed by atoms with Crippen LogP contribution in [0, 0.1) is 0 Å². The molecule has 0 amide bonds. The second-order valence-electron chi connectivity index (χ2n) is 1.80. The van der Waals surface area contributed by atoms with Gasteiger partial charge in [0.2, 0.25) is 0 Å². The average Bonchev–Trinajstić information content (AvgIpc) is 1.90. The third-order valence-electron chi connectivity index (χ3n) is 1.09. The second-order valence-corrected chi connectivity index (χ2v) is 6.01. The molecule has 0 fully saturated rings. The molecule has 0 aliphatic carbocycles. The van der Waals surface area contributed by atoms with E-state index in [0.29, 0.717) is 0 Å². The van der Waals surface area contributed by atoms with Crippen molar-refractivity contribution >= 4 is 3.07 Å². The molecular formula is C6H5FHgO. The Balaban J connectivity index is 2.88. The molecule has 1 nitrogen and oxygen atoms in total. The van der Waals surface area contributed by atoms with Crippen LogP contribution in [0.3, 0.4) is 0 Å². The summed E-state index contributed by atoms with van der Waals surface area (Å²) in [6.07, 6.45) is 0. The van der Waals surface area contributed by atoms with E-state index in [1.54, 1.807) is 12.1 Å². The maximum absolute atomic E-state index is 12.0. The number of phenols is 1. The molecule has 1 aromatic carbocycles. The summed E-state index contributed by atoms with van der Waals surface area (Å²) in [5.41, 5.74) is 0. The first-order valence-corrected chi connectivity index (χ1v) is 7.49. The first-order chi connectivity index (χ1) is 4.33. The van der Waals surface area contributed by atoms with E-state index in [9.17, 15) is 2.47 Å². The zero-order chi connectivity index (χ0) is 6.69. The van der Waals surface area contributed by atoms with E-state index in [0.717, 1.165) is 3.07 Å². The fourth-order valence-electron chi connectivity index (χ4n) is 0.585. The Kier molecular flexibility index (Phi) is 2.45. The minimum absolute atomic E-state index is 0.209. The summed E-state index contributed by atoms with van der Waals surface area (Å²) < 4.78 is 12.8. The third-order valence-corrected chi connectivity index (χ3v) is 4.12. The van der Waals surface area contributed by atoms with Crippen LogP contribution in [0.5, 0.6) is 5.75 Å². The van der Waals surface area contributed by atoms with Gasteiger partial charge >= 0.3 is 65.9 Å². The fourth-order valence-corrected chi connectivity index (χ4v) is 2.19. The van der Waals surface area contributed by atoms with Crippen molar-refractivity contribution in [2.75, 3.05) is 0 Å². The zero-order valence-electron chi connectivity index (χ0n) is 4.84. The number of benzene rings is 1. The van der Waals surface area contributed by atoms with Crippen molar-refractivity contribution in [3.05, 3.63) is 24.3 Å². The number of phenolic OH excluding ortho intramolecular Hbond substituents is 1. The van der Waals surface area contributed by atoms with E-state index in [1.807, 2.05) is 0 Å². The van der Waals surface area contributed by atoms with Gasteiger partial charge in [-0.15, -0.1) is 0 Å². The van der Waals surface area contributed by atoms with Gasteiger partial charge in [0.25, 0.3) is 0 Å². The number of hydrogen-bond donors (Lipinski definition) is 1. The molecule has 0 radical (unpaired) electrons. The Morgan fingerprint density at radius 1 is 1.22 bits per heavy atom. The van der Waals surface area contributed by atoms with Crippen LogP contribution in [0.25, 0.3) is 0 Å². The van der Waals surface area contributed by atoms with E-state index in [-0.39, 0.29) is 5.75 Å². The zero-order valence-corrected chi connectivity index (χ0v) is 10.3. The SMILES string of the molecule is Oc1cc[c]([Hg][F])cc1. The van der Waals surface area contributed by atoms with E-state index in [1.165, 1.54) is 12.1 Å². The molecule has 3 heteroatoms. The van der Waals surface area contributed by atoms with Gasteiger partial charge in [-0.2, -0.15) is 0 Å². The van der Waals surface area contributed by atoms with Crippen molar-refractivity contribution in [1.29, 1.82) is 0 Å². The molecular weight excluding hydrogens is 308 g/mol. The van der Waals surface area contributed by atoms with Crippen molar-refractivity contribution in [2.45, 2.75) is 0 Å². The van der Waals surface area contributed by atoms with Gasteiger partial charge in [0.05, 0.1) is 0 Å². The first-order valence-electron chi connectivity index (χ1n) is 2.67. The minimum atomic E-state index is -2.17.